The molecule has 1 aromatic carbocycles. The van der Waals surface area contributed by atoms with E-state index in [0.29, 0.717) is 16.8 Å². The third kappa shape index (κ3) is 3.89. The summed E-state index contributed by atoms with van der Waals surface area (Å²) in [5, 5.41) is 0.631. The van der Waals surface area contributed by atoms with Gasteiger partial charge < -0.3 is 14.2 Å². The van der Waals surface area contributed by atoms with Crippen molar-refractivity contribution in [1.29, 1.82) is 0 Å². The number of amides is 1. The van der Waals surface area contributed by atoms with Gasteiger partial charge in [0.25, 0.3) is 11.5 Å². The first-order chi connectivity index (χ1) is 12.9. The van der Waals surface area contributed by atoms with Crippen LogP contribution in [0.4, 0.5) is 0 Å². The number of nitrogens with zero attached hydrogens (tertiary/aromatic N) is 2. The van der Waals surface area contributed by atoms with E-state index in [1.165, 1.54) is 17.1 Å². The van der Waals surface area contributed by atoms with Gasteiger partial charge in [-0.1, -0.05) is 38.0 Å². The van der Waals surface area contributed by atoms with Crippen molar-refractivity contribution in [1.82, 2.24) is 9.47 Å². The topological polar surface area (TPSA) is 68.6 Å². The zero-order valence-electron chi connectivity index (χ0n) is 16.1. The number of esters is 1. The molecular weight excluding hydrogens is 344 g/mol. The first-order valence-corrected chi connectivity index (χ1v) is 9.41. The van der Waals surface area contributed by atoms with Crippen LogP contribution in [-0.4, -0.2) is 41.0 Å². The van der Waals surface area contributed by atoms with Crippen LogP contribution in [0.5, 0.6) is 0 Å². The molecule has 0 bridgehead atoms. The second-order valence-electron chi connectivity index (χ2n) is 7.38. The number of aromatic nitrogens is 1. The summed E-state index contributed by atoms with van der Waals surface area (Å²) in [5.74, 6) is -0.415. The van der Waals surface area contributed by atoms with Crippen molar-refractivity contribution in [2.45, 2.75) is 38.6 Å². The van der Waals surface area contributed by atoms with Crippen molar-refractivity contribution in [2.75, 3.05) is 13.7 Å². The predicted octanol–water partition coefficient (Wildman–Crippen LogP) is 2.73. The highest BCUT2D eigenvalue weighted by Gasteiger charge is 2.28. The third-order valence-corrected chi connectivity index (χ3v) is 5.66. The molecule has 6 heteroatoms. The number of benzene rings is 1. The molecule has 0 unspecified atom stereocenters. The summed E-state index contributed by atoms with van der Waals surface area (Å²) in [5.41, 5.74) is 0.548. The van der Waals surface area contributed by atoms with Gasteiger partial charge in [0, 0.05) is 31.6 Å². The van der Waals surface area contributed by atoms with Crippen molar-refractivity contribution in [3.05, 3.63) is 46.2 Å². The smallest absolute Gasteiger partial charge is 0.339 e. The maximum atomic E-state index is 12.5. The van der Waals surface area contributed by atoms with E-state index >= 15 is 0 Å². The Bertz CT molecular complexity index is 918. The van der Waals surface area contributed by atoms with Gasteiger partial charge in [-0.15, -0.1) is 0 Å². The van der Waals surface area contributed by atoms with Crippen molar-refractivity contribution < 1.29 is 14.3 Å². The van der Waals surface area contributed by atoms with Crippen LogP contribution in [0.25, 0.3) is 10.9 Å². The number of likely N-dealkylation sites (N-methyl/N-ethyl adjacent to an activating group) is 1. The number of fused-ring (bicyclic) bond motifs is 1. The summed E-state index contributed by atoms with van der Waals surface area (Å²) >= 11 is 0. The molecule has 1 saturated carbocycles. The van der Waals surface area contributed by atoms with Gasteiger partial charge in [0.1, 0.15) is 0 Å². The fourth-order valence-corrected chi connectivity index (χ4v) is 3.94. The normalized spacial score (nSPS) is 19.7. The number of carbonyl (C=O) groups excluding carboxylic acids is 2. The summed E-state index contributed by atoms with van der Waals surface area (Å²) in [6, 6.07) is 8.60. The van der Waals surface area contributed by atoms with Crippen LogP contribution in [0.3, 0.4) is 0 Å². The Balaban J connectivity index is 1.73. The maximum Gasteiger partial charge on any atom is 0.339 e. The second-order valence-corrected chi connectivity index (χ2v) is 7.38. The molecule has 1 heterocycles. The average Bonchev–Trinajstić information content (AvgIpc) is 2.68. The zero-order valence-corrected chi connectivity index (χ0v) is 16.1. The van der Waals surface area contributed by atoms with E-state index in [9.17, 15) is 14.4 Å². The Morgan fingerprint density at radius 3 is 2.67 bits per heavy atom. The van der Waals surface area contributed by atoms with Crippen LogP contribution in [0.15, 0.2) is 35.1 Å². The molecule has 0 radical (unpaired) electrons. The highest BCUT2D eigenvalue weighted by molar-refractivity contribution is 6.03. The van der Waals surface area contributed by atoms with E-state index in [4.69, 9.17) is 4.74 Å². The molecule has 3 rings (SSSR count). The molecule has 0 spiro atoms. The molecule has 27 heavy (non-hydrogen) atoms. The minimum atomic E-state index is -0.651. The molecule has 144 valence electrons. The molecule has 0 saturated heterocycles. The largest absolute Gasteiger partial charge is 0.452 e. The van der Waals surface area contributed by atoms with Crippen LogP contribution in [0.1, 0.15) is 43.0 Å². The Kier molecular flexibility index (Phi) is 5.63. The van der Waals surface area contributed by atoms with Gasteiger partial charge in [0.05, 0.1) is 11.1 Å². The van der Waals surface area contributed by atoms with Crippen molar-refractivity contribution in [3.63, 3.8) is 0 Å². The molecule has 2 aromatic rings. The number of carbonyl (C=O) groups is 2. The summed E-state index contributed by atoms with van der Waals surface area (Å²) < 4.78 is 6.74. The van der Waals surface area contributed by atoms with Gasteiger partial charge in [-0.3, -0.25) is 9.59 Å². The van der Waals surface area contributed by atoms with E-state index in [1.54, 1.807) is 43.3 Å². The Labute approximate surface area is 158 Å². The van der Waals surface area contributed by atoms with Crippen molar-refractivity contribution in [2.24, 2.45) is 13.0 Å². The molecule has 2 atom stereocenters. The molecular formula is C21H26N2O4. The SMILES string of the molecule is C[C@H]1CCCC[C@@H]1N(C)C(=O)COC(=O)c1cc(=O)n(C)c2ccccc12. The second kappa shape index (κ2) is 7.94. The Morgan fingerprint density at radius 2 is 1.93 bits per heavy atom. The summed E-state index contributed by atoms with van der Waals surface area (Å²) in [6.07, 6.45) is 4.41. The monoisotopic (exact) mass is 370 g/mol. The zero-order chi connectivity index (χ0) is 19.6. The quantitative estimate of drug-likeness (QED) is 0.776. The van der Waals surface area contributed by atoms with Crippen LogP contribution < -0.4 is 5.56 Å². The Hall–Kier alpha value is -2.63. The van der Waals surface area contributed by atoms with E-state index in [2.05, 4.69) is 6.92 Å². The minimum absolute atomic E-state index is 0.190. The fourth-order valence-electron chi connectivity index (χ4n) is 3.94. The van der Waals surface area contributed by atoms with Crippen LogP contribution in [0.2, 0.25) is 0 Å². The van der Waals surface area contributed by atoms with Gasteiger partial charge in [-0.2, -0.15) is 0 Å². The first-order valence-electron chi connectivity index (χ1n) is 9.41. The van der Waals surface area contributed by atoms with Crippen molar-refractivity contribution in [3.8, 4) is 0 Å². The van der Waals surface area contributed by atoms with Crippen LogP contribution in [0, 0.1) is 5.92 Å². The predicted molar refractivity (Wildman–Crippen MR) is 104 cm³/mol. The maximum absolute atomic E-state index is 12.5. The standard InChI is InChI=1S/C21H26N2O4/c1-14-8-4-6-10-17(14)22(2)20(25)13-27-21(26)16-12-19(24)23(3)18-11-7-5-9-15(16)18/h5,7,9,11-12,14,17H,4,6,8,10,13H2,1-3H3/t14-,17-/m0/s1. The molecule has 6 nitrogen and oxygen atoms in total. The Morgan fingerprint density at radius 1 is 1.22 bits per heavy atom. The summed E-state index contributed by atoms with van der Waals surface area (Å²) in [6.45, 7) is 1.84. The lowest BCUT2D eigenvalue weighted by Crippen LogP contribution is -2.44. The molecule has 1 aliphatic carbocycles. The fraction of sp³-hybridized carbons (Fsp3) is 0.476. The number of para-hydroxylation sites is 1. The number of rotatable bonds is 4. The van der Waals surface area contributed by atoms with E-state index in [1.807, 2.05) is 0 Å². The van der Waals surface area contributed by atoms with E-state index < -0.39 is 5.97 Å². The number of ether oxygens (including phenoxy) is 1. The molecule has 1 amide bonds. The summed E-state index contributed by atoms with van der Waals surface area (Å²) in [7, 11) is 3.43. The van der Waals surface area contributed by atoms with Gasteiger partial charge in [-0.25, -0.2) is 4.79 Å². The van der Waals surface area contributed by atoms with Gasteiger partial charge in [-0.05, 0) is 24.8 Å². The van der Waals surface area contributed by atoms with E-state index in [-0.39, 0.29) is 29.7 Å². The van der Waals surface area contributed by atoms with Gasteiger partial charge >= 0.3 is 5.97 Å². The lowest BCUT2D eigenvalue weighted by molar-refractivity contribution is -0.136. The highest BCUT2D eigenvalue weighted by atomic mass is 16.5. The molecule has 1 aromatic heterocycles. The number of hydrogen-bond acceptors (Lipinski definition) is 4. The van der Waals surface area contributed by atoms with Crippen molar-refractivity contribution >= 4 is 22.8 Å². The van der Waals surface area contributed by atoms with Crippen LogP contribution >= 0.6 is 0 Å². The lowest BCUT2D eigenvalue weighted by Gasteiger charge is -2.36. The van der Waals surface area contributed by atoms with E-state index in [0.717, 1.165) is 19.3 Å². The molecule has 1 aliphatic rings. The minimum Gasteiger partial charge on any atom is -0.452 e. The summed E-state index contributed by atoms with van der Waals surface area (Å²) in [4.78, 5) is 38.9. The lowest BCUT2D eigenvalue weighted by atomic mass is 9.85. The number of aryl methyl sites for hydroxylation is 1. The average molecular weight is 370 g/mol. The van der Waals surface area contributed by atoms with Gasteiger partial charge in [0.2, 0.25) is 0 Å². The molecule has 0 aliphatic heterocycles. The highest BCUT2D eigenvalue weighted by Crippen LogP contribution is 2.27. The number of pyridine rings is 1. The van der Waals surface area contributed by atoms with Crippen LogP contribution in [-0.2, 0) is 16.6 Å². The number of hydrogen-bond donors (Lipinski definition) is 0. The molecule has 1 fully saturated rings. The van der Waals surface area contributed by atoms with Gasteiger partial charge in [0.15, 0.2) is 6.61 Å². The third-order valence-electron chi connectivity index (χ3n) is 5.66. The first kappa shape index (κ1) is 19.1. The molecule has 0 N–H and O–H groups in total.